The molecule has 3 heteroatoms. The Morgan fingerprint density at radius 2 is 1.93 bits per heavy atom. The summed E-state index contributed by atoms with van der Waals surface area (Å²) in [4.78, 5) is 0. The van der Waals surface area contributed by atoms with Crippen molar-refractivity contribution in [2.45, 2.75) is 20.8 Å². The Hall–Kier alpha value is -1.22. The Balaban J connectivity index is 2.72. The Bertz CT molecular complexity index is 310. The summed E-state index contributed by atoms with van der Waals surface area (Å²) < 4.78 is 10.5. The van der Waals surface area contributed by atoms with E-state index in [1.54, 1.807) is 0 Å². The summed E-state index contributed by atoms with van der Waals surface area (Å²) >= 11 is 0. The molecule has 2 N–H and O–H groups in total. The van der Waals surface area contributed by atoms with E-state index in [0.717, 1.165) is 22.6 Å². The van der Waals surface area contributed by atoms with E-state index in [4.69, 9.17) is 15.2 Å². The number of ether oxygens (including phenoxy) is 2. The molecule has 0 atom stereocenters. The first-order valence-corrected chi connectivity index (χ1v) is 4.72. The molecule has 0 unspecified atom stereocenters. The van der Waals surface area contributed by atoms with Crippen LogP contribution in [0.5, 0.6) is 5.75 Å². The third kappa shape index (κ3) is 2.64. The molecule has 78 valence electrons. The SMILES string of the molecule is CCOCOc1cc(C)c(N)cc1C. The van der Waals surface area contributed by atoms with Crippen molar-refractivity contribution in [1.29, 1.82) is 0 Å². The van der Waals surface area contributed by atoms with Gasteiger partial charge in [-0.05, 0) is 44.0 Å². The van der Waals surface area contributed by atoms with Crippen molar-refractivity contribution < 1.29 is 9.47 Å². The highest BCUT2D eigenvalue weighted by Crippen LogP contribution is 2.23. The second-order valence-corrected chi connectivity index (χ2v) is 3.23. The van der Waals surface area contributed by atoms with E-state index < -0.39 is 0 Å². The van der Waals surface area contributed by atoms with E-state index >= 15 is 0 Å². The van der Waals surface area contributed by atoms with Gasteiger partial charge in [-0.25, -0.2) is 0 Å². The molecule has 1 aromatic carbocycles. The highest BCUT2D eigenvalue weighted by Gasteiger charge is 2.02. The van der Waals surface area contributed by atoms with Crippen LogP contribution in [0.15, 0.2) is 12.1 Å². The van der Waals surface area contributed by atoms with Crippen molar-refractivity contribution in [3.63, 3.8) is 0 Å². The zero-order chi connectivity index (χ0) is 10.6. The molecular formula is C11H17NO2. The monoisotopic (exact) mass is 195 g/mol. The van der Waals surface area contributed by atoms with Gasteiger partial charge in [0.15, 0.2) is 6.79 Å². The van der Waals surface area contributed by atoms with Crippen LogP contribution in [-0.2, 0) is 4.74 Å². The summed E-state index contributed by atoms with van der Waals surface area (Å²) in [6, 6.07) is 3.85. The van der Waals surface area contributed by atoms with Gasteiger partial charge in [-0.2, -0.15) is 0 Å². The van der Waals surface area contributed by atoms with Crippen molar-refractivity contribution in [2.75, 3.05) is 19.1 Å². The zero-order valence-corrected chi connectivity index (χ0v) is 8.96. The largest absolute Gasteiger partial charge is 0.467 e. The predicted octanol–water partition coefficient (Wildman–Crippen LogP) is 2.26. The maximum absolute atomic E-state index is 5.76. The van der Waals surface area contributed by atoms with Gasteiger partial charge < -0.3 is 15.2 Å². The molecule has 0 saturated heterocycles. The number of hydrogen-bond donors (Lipinski definition) is 1. The van der Waals surface area contributed by atoms with Gasteiger partial charge in [-0.3, -0.25) is 0 Å². The summed E-state index contributed by atoms with van der Waals surface area (Å²) in [5.74, 6) is 0.838. The second-order valence-electron chi connectivity index (χ2n) is 3.23. The second kappa shape index (κ2) is 4.86. The molecule has 0 bridgehead atoms. The van der Waals surface area contributed by atoms with Crippen LogP contribution in [0.25, 0.3) is 0 Å². The van der Waals surface area contributed by atoms with Crippen LogP contribution < -0.4 is 10.5 Å². The van der Waals surface area contributed by atoms with Crippen molar-refractivity contribution in [3.8, 4) is 5.75 Å². The van der Waals surface area contributed by atoms with Gasteiger partial charge in [0.25, 0.3) is 0 Å². The van der Waals surface area contributed by atoms with Crippen molar-refractivity contribution in [3.05, 3.63) is 23.3 Å². The Labute approximate surface area is 84.8 Å². The third-order valence-corrected chi connectivity index (χ3v) is 2.07. The number of nitrogens with two attached hydrogens (primary N) is 1. The molecule has 0 aliphatic heterocycles. The number of nitrogen functional groups attached to an aromatic ring is 1. The van der Waals surface area contributed by atoms with Crippen LogP contribution in [0.1, 0.15) is 18.1 Å². The molecule has 14 heavy (non-hydrogen) atoms. The smallest absolute Gasteiger partial charge is 0.189 e. The molecule has 0 heterocycles. The van der Waals surface area contributed by atoms with Crippen LogP contribution in [0.2, 0.25) is 0 Å². The average molecular weight is 195 g/mol. The van der Waals surface area contributed by atoms with Crippen molar-refractivity contribution in [2.24, 2.45) is 0 Å². The molecule has 0 radical (unpaired) electrons. The minimum atomic E-state index is 0.292. The van der Waals surface area contributed by atoms with E-state index in [1.165, 1.54) is 0 Å². The normalized spacial score (nSPS) is 10.2. The van der Waals surface area contributed by atoms with Gasteiger partial charge in [-0.1, -0.05) is 0 Å². The number of hydrogen-bond acceptors (Lipinski definition) is 3. The van der Waals surface area contributed by atoms with E-state index in [-0.39, 0.29) is 0 Å². The molecule has 0 aliphatic carbocycles. The van der Waals surface area contributed by atoms with E-state index in [9.17, 15) is 0 Å². The fraction of sp³-hybridized carbons (Fsp3) is 0.455. The Morgan fingerprint density at radius 3 is 2.57 bits per heavy atom. The fourth-order valence-corrected chi connectivity index (χ4v) is 1.16. The summed E-state index contributed by atoms with van der Waals surface area (Å²) in [6.07, 6.45) is 0. The number of rotatable bonds is 4. The fourth-order valence-electron chi connectivity index (χ4n) is 1.16. The number of aryl methyl sites for hydroxylation is 2. The quantitative estimate of drug-likeness (QED) is 0.455. The Morgan fingerprint density at radius 1 is 1.21 bits per heavy atom. The third-order valence-electron chi connectivity index (χ3n) is 2.07. The van der Waals surface area contributed by atoms with Crippen molar-refractivity contribution in [1.82, 2.24) is 0 Å². The number of benzene rings is 1. The first-order valence-electron chi connectivity index (χ1n) is 4.72. The molecular weight excluding hydrogens is 178 g/mol. The lowest BCUT2D eigenvalue weighted by atomic mass is 10.1. The lowest BCUT2D eigenvalue weighted by Gasteiger charge is -2.11. The molecule has 3 nitrogen and oxygen atoms in total. The topological polar surface area (TPSA) is 44.5 Å². The van der Waals surface area contributed by atoms with Gasteiger partial charge in [0, 0.05) is 12.3 Å². The van der Waals surface area contributed by atoms with E-state index in [2.05, 4.69) is 0 Å². The van der Waals surface area contributed by atoms with Gasteiger partial charge in [0.05, 0.1) is 0 Å². The highest BCUT2D eigenvalue weighted by molar-refractivity contribution is 5.53. The molecule has 0 amide bonds. The Kier molecular flexibility index (Phi) is 3.77. The molecule has 1 aromatic rings. The van der Waals surface area contributed by atoms with Crippen LogP contribution in [-0.4, -0.2) is 13.4 Å². The number of anilines is 1. The van der Waals surface area contributed by atoms with Gasteiger partial charge in [-0.15, -0.1) is 0 Å². The predicted molar refractivity (Wildman–Crippen MR) is 57.4 cm³/mol. The van der Waals surface area contributed by atoms with Crippen LogP contribution in [0.4, 0.5) is 5.69 Å². The van der Waals surface area contributed by atoms with Crippen LogP contribution >= 0.6 is 0 Å². The lowest BCUT2D eigenvalue weighted by molar-refractivity contribution is 0.0220. The minimum absolute atomic E-state index is 0.292. The summed E-state index contributed by atoms with van der Waals surface area (Å²) in [7, 11) is 0. The molecule has 0 saturated carbocycles. The van der Waals surface area contributed by atoms with Gasteiger partial charge in [0.2, 0.25) is 0 Å². The maximum atomic E-state index is 5.76. The molecule has 1 rings (SSSR count). The molecule has 0 aromatic heterocycles. The van der Waals surface area contributed by atoms with Gasteiger partial charge in [0.1, 0.15) is 5.75 Å². The maximum Gasteiger partial charge on any atom is 0.189 e. The summed E-state index contributed by atoms with van der Waals surface area (Å²) in [6.45, 7) is 6.82. The van der Waals surface area contributed by atoms with Crippen LogP contribution in [0, 0.1) is 13.8 Å². The standard InChI is InChI=1S/C11H17NO2/c1-4-13-7-14-11-6-8(2)10(12)5-9(11)3/h5-6H,4,7,12H2,1-3H3. The summed E-state index contributed by atoms with van der Waals surface area (Å²) in [5, 5.41) is 0. The van der Waals surface area contributed by atoms with Crippen molar-refractivity contribution >= 4 is 5.69 Å². The van der Waals surface area contributed by atoms with Gasteiger partial charge >= 0.3 is 0 Å². The molecule has 0 fully saturated rings. The minimum Gasteiger partial charge on any atom is -0.467 e. The first kappa shape index (κ1) is 10.9. The molecule has 0 aliphatic rings. The zero-order valence-electron chi connectivity index (χ0n) is 8.96. The molecule has 0 spiro atoms. The van der Waals surface area contributed by atoms with Crippen LogP contribution in [0.3, 0.4) is 0 Å². The summed E-state index contributed by atoms with van der Waals surface area (Å²) in [5.41, 5.74) is 8.62. The highest BCUT2D eigenvalue weighted by atomic mass is 16.7. The van der Waals surface area contributed by atoms with E-state index in [1.807, 2.05) is 32.9 Å². The van der Waals surface area contributed by atoms with E-state index in [0.29, 0.717) is 13.4 Å². The average Bonchev–Trinajstić information content (AvgIpc) is 2.14. The lowest BCUT2D eigenvalue weighted by Crippen LogP contribution is -2.04. The first-order chi connectivity index (χ1) is 6.65.